The number of benzene rings is 6. The monoisotopic (exact) mass is 834 g/mol. The highest BCUT2D eigenvalue weighted by Crippen LogP contribution is 2.39. The summed E-state index contributed by atoms with van der Waals surface area (Å²) in [4.78, 5) is 0. The van der Waals surface area contributed by atoms with E-state index in [1.807, 2.05) is 109 Å². The normalized spacial score (nSPS) is 12.6. The fraction of sp³-hybridized carbons (Fsp3) is 0.200. The van der Waals surface area contributed by atoms with Gasteiger partial charge in [-0.15, -0.1) is 0 Å². The molecule has 0 saturated carbocycles. The van der Waals surface area contributed by atoms with Crippen LogP contribution < -0.4 is 9.47 Å². The smallest absolute Gasteiger partial charge is 0.127 e. The maximum atomic E-state index is 7.61. The lowest BCUT2D eigenvalue weighted by Gasteiger charge is -2.43. The highest BCUT2D eigenvalue weighted by Gasteiger charge is 2.40. The molecule has 57 heavy (non-hydrogen) atoms. The molecule has 0 heterocycles. The van der Waals surface area contributed by atoms with E-state index in [4.69, 9.17) is 60.6 Å². The molecule has 0 aromatic heterocycles. The Balaban J connectivity index is 1.40. The lowest BCUT2D eigenvalue weighted by atomic mass is 9.74. The molecule has 6 aromatic carbocycles. The van der Waals surface area contributed by atoms with Gasteiger partial charge in [-0.05, 0) is 107 Å². The third-order valence-corrected chi connectivity index (χ3v) is 10.8. The third kappa shape index (κ3) is 11.8. The predicted molar refractivity (Wildman–Crippen MR) is 240 cm³/mol. The van der Waals surface area contributed by atoms with Crippen LogP contribution in [0.1, 0.15) is 61.1 Å². The summed E-state index contributed by atoms with van der Waals surface area (Å²) in [7, 11) is 0. The van der Waals surface area contributed by atoms with E-state index in [1.54, 1.807) is 12.2 Å². The van der Waals surface area contributed by atoms with Crippen molar-refractivity contribution < 1.29 is 14.2 Å². The standard InChI is InChI=1S/C50H46Cl4O3/c1-49(2,39-25-21-35(22-26-39)33-47(51)52)45(31-37-13-11-19-43(29-37)55-41-15-7-5-8-16-41)57-46(50(3,4)40-27-23-36(24-28-40)34-48(53)54)32-38-14-12-20-44(30-38)56-42-17-9-6-10-18-42/h5-30,33-34,45-46H,31-32H2,1-4H3. The van der Waals surface area contributed by atoms with Crippen LogP contribution in [0.3, 0.4) is 0 Å². The summed E-state index contributed by atoms with van der Waals surface area (Å²) in [6.45, 7) is 8.99. The van der Waals surface area contributed by atoms with Gasteiger partial charge < -0.3 is 14.2 Å². The number of halogens is 4. The Morgan fingerprint density at radius 1 is 0.456 bits per heavy atom. The minimum atomic E-state index is -0.457. The summed E-state index contributed by atoms with van der Waals surface area (Å²) in [6.07, 6.45) is 4.15. The molecular weight excluding hydrogens is 790 g/mol. The first-order valence-electron chi connectivity index (χ1n) is 18.9. The minimum absolute atomic E-state index is 0.207. The number of rotatable bonds is 16. The van der Waals surface area contributed by atoms with Crippen LogP contribution in [0.15, 0.2) is 167 Å². The van der Waals surface area contributed by atoms with Crippen LogP contribution in [-0.4, -0.2) is 12.2 Å². The molecule has 3 nitrogen and oxygen atoms in total. The van der Waals surface area contributed by atoms with Gasteiger partial charge in [0.15, 0.2) is 0 Å². The van der Waals surface area contributed by atoms with E-state index in [0.717, 1.165) is 56.4 Å². The molecule has 0 radical (unpaired) electrons. The highest BCUT2D eigenvalue weighted by molar-refractivity contribution is 6.58. The van der Waals surface area contributed by atoms with Gasteiger partial charge in [0.1, 0.15) is 32.0 Å². The summed E-state index contributed by atoms with van der Waals surface area (Å²) in [5.74, 6) is 3.10. The van der Waals surface area contributed by atoms with Gasteiger partial charge in [-0.1, -0.05) is 183 Å². The second-order valence-corrected chi connectivity index (χ2v) is 17.2. The van der Waals surface area contributed by atoms with E-state index in [0.29, 0.717) is 12.8 Å². The van der Waals surface area contributed by atoms with E-state index in [-0.39, 0.29) is 21.2 Å². The Labute approximate surface area is 357 Å². The van der Waals surface area contributed by atoms with Crippen molar-refractivity contribution in [2.24, 2.45) is 0 Å². The largest absolute Gasteiger partial charge is 0.457 e. The zero-order valence-corrected chi connectivity index (χ0v) is 35.5. The van der Waals surface area contributed by atoms with Crippen molar-refractivity contribution >= 4 is 58.6 Å². The molecule has 0 spiro atoms. The molecule has 6 rings (SSSR count). The number of hydrogen-bond donors (Lipinski definition) is 0. The molecule has 2 atom stereocenters. The van der Waals surface area contributed by atoms with E-state index < -0.39 is 10.8 Å². The van der Waals surface area contributed by atoms with Crippen molar-refractivity contribution in [2.45, 2.75) is 63.6 Å². The van der Waals surface area contributed by atoms with Gasteiger partial charge >= 0.3 is 0 Å². The molecule has 0 aliphatic rings. The summed E-state index contributed by atoms with van der Waals surface area (Å²) in [6, 6.07) is 52.9. The van der Waals surface area contributed by atoms with E-state index in [2.05, 4.69) is 76.2 Å². The molecule has 0 saturated heterocycles. The number of hydrogen-bond acceptors (Lipinski definition) is 3. The van der Waals surface area contributed by atoms with Crippen LogP contribution in [0.25, 0.3) is 12.2 Å². The van der Waals surface area contributed by atoms with Crippen molar-refractivity contribution in [1.82, 2.24) is 0 Å². The van der Waals surface area contributed by atoms with Crippen LogP contribution in [-0.2, 0) is 28.4 Å². The van der Waals surface area contributed by atoms with Gasteiger partial charge in [0.2, 0.25) is 0 Å². The lowest BCUT2D eigenvalue weighted by Crippen LogP contribution is -2.46. The minimum Gasteiger partial charge on any atom is -0.457 e. The van der Waals surface area contributed by atoms with Crippen LogP contribution in [0, 0.1) is 0 Å². The SMILES string of the molecule is CC(C)(c1ccc(C=C(Cl)Cl)cc1)C(Cc1cccc(Oc2ccccc2)c1)OC(Cc1cccc(Oc2ccccc2)c1)C(C)(C)c1ccc(C=C(Cl)Cl)cc1. The summed E-state index contributed by atoms with van der Waals surface area (Å²) in [5.41, 5.74) is 5.36. The Bertz CT molecular complexity index is 2100. The van der Waals surface area contributed by atoms with Gasteiger partial charge in [0.05, 0.1) is 12.2 Å². The van der Waals surface area contributed by atoms with E-state index >= 15 is 0 Å². The molecule has 0 aliphatic heterocycles. The van der Waals surface area contributed by atoms with Crippen molar-refractivity contribution in [1.29, 1.82) is 0 Å². The topological polar surface area (TPSA) is 27.7 Å². The predicted octanol–water partition coefficient (Wildman–Crippen LogP) is 15.3. The molecule has 0 aliphatic carbocycles. The first-order valence-corrected chi connectivity index (χ1v) is 20.4. The highest BCUT2D eigenvalue weighted by atomic mass is 35.5. The van der Waals surface area contributed by atoms with Crippen molar-refractivity contribution in [3.8, 4) is 23.0 Å². The fourth-order valence-electron chi connectivity index (χ4n) is 6.94. The van der Waals surface area contributed by atoms with Gasteiger partial charge in [-0.3, -0.25) is 0 Å². The third-order valence-electron chi connectivity index (χ3n) is 10.4. The first kappa shape index (κ1) is 42.1. The molecule has 292 valence electrons. The second kappa shape index (κ2) is 19.3. The van der Waals surface area contributed by atoms with E-state index in [9.17, 15) is 0 Å². The maximum absolute atomic E-state index is 7.61. The quantitative estimate of drug-likeness (QED) is 0.0972. The molecule has 0 N–H and O–H groups in total. The fourth-order valence-corrected chi connectivity index (χ4v) is 7.44. The van der Waals surface area contributed by atoms with Gasteiger partial charge in [-0.2, -0.15) is 0 Å². The van der Waals surface area contributed by atoms with Crippen molar-refractivity contribution in [2.75, 3.05) is 0 Å². The van der Waals surface area contributed by atoms with Crippen LogP contribution in [0.5, 0.6) is 23.0 Å². The second-order valence-electron chi connectivity index (χ2n) is 15.2. The molecule has 2 unspecified atom stereocenters. The zero-order chi connectivity index (χ0) is 40.4. The van der Waals surface area contributed by atoms with Crippen molar-refractivity contribution in [3.05, 3.63) is 200 Å². The van der Waals surface area contributed by atoms with Gasteiger partial charge in [0, 0.05) is 10.8 Å². The summed E-state index contributed by atoms with van der Waals surface area (Å²) in [5, 5.41) is 0. The lowest BCUT2D eigenvalue weighted by molar-refractivity contribution is -0.0753. The Kier molecular flexibility index (Phi) is 14.3. The number of para-hydroxylation sites is 2. The summed E-state index contributed by atoms with van der Waals surface area (Å²) >= 11 is 24.1. The Morgan fingerprint density at radius 2 is 0.807 bits per heavy atom. The molecular formula is C50H46Cl4O3. The van der Waals surface area contributed by atoms with Crippen LogP contribution >= 0.6 is 46.4 Å². The average molecular weight is 837 g/mol. The van der Waals surface area contributed by atoms with E-state index in [1.165, 1.54) is 0 Å². The molecule has 7 heteroatoms. The number of ether oxygens (including phenoxy) is 3. The zero-order valence-electron chi connectivity index (χ0n) is 32.5. The Morgan fingerprint density at radius 3 is 1.16 bits per heavy atom. The molecule has 0 fully saturated rings. The van der Waals surface area contributed by atoms with Gasteiger partial charge in [0.25, 0.3) is 0 Å². The molecule has 0 amide bonds. The average Bonchev–Trinajstić information content (AvgIpc) is 3.18. The maximum Gasteiger partial charge on any atom is 0.127 e. The van der Waals surface area contributed by atoms with Crippen LogP contribution in [0.4, 0.5) is 0 Å². The Hall–Kier alpha value is -4.48. The van der Waals surface area contributed by atoms with Crippen molar-refractivity contribution in [3.63, 3.8) is 0 Å². The molecule has 0 bridgehead atoms. The first-order chi connectivity index (χ1) is 27.3. The molecule has 6 aromatic rings. The summed E-state index contributed by atoms with van der Waals surface area (Å²) < 4.78 is 20.6. The van der Waals surface area contributed by atoms with Gasteiger partial charge in [-0.25, -0.2) is 0 Å². The van der Waals surface area contributed by atoms with Crippen LogP contribution in [0.2, 0.25) is 0 Å².